The highest BCUT2D eigenvalue weighted by molar-refractivity contribution is 7.97. The summed E-state index contributed by atoms with van der Waals surface area (Å²) in [5, 5.41) is 2.99. The van der Waals surface area contributed by atoms with E-state index in [2.05, 4.69) is 27.2 Å². The fraction of sp³-hybridized carbons (Fsp3) is 0.458. The maximum absolute atomic E-state index is 12.6. The van der Waals surface area contributed by atoms with E-state index in [1.54, 1.807) is 11.4 Å². The molecule has 0 spiro atoms. The second-order valence-corrected chi connectivity index (χ2v) is 9.36. The lowest BCUT2D eigenvalue weighted by Gasteiger charge is -2.36. The predicted molar refractivity (Wildman–Crippen MR) is 130 cm³/mol. The molecule has 5 rings (SSSR count). The van der Waals surface area contributed by atoms with Crippen LogP contribution in [0.3, 0.4) is 0 Å². The molecule has 0 atom stereocenters. The van der Waals surface area contributed by atoms with Crippen molar-refractivity contribution in [2.24, 2.45) is 0 Å². The molecule has 3 heterocycles. The van der Waals surface area contributed by atoms with E-state index in [0.29, 0.717) is 31.3 Å². The molecule has 0 saturated carbocycles. The molecule has 0 aliphatic carbocycles. The zero-order valence-electron chi connectivity index (χ0n) is 18.9. The number of hydrogen-bond acceptors (Lipinski definition) is 7. The summed E-state index contributed by atoms with van der Waals surface area (Å²) in [5.74, 6) is 2.27. The average Bonchev–Trinajstić information content (AvgIpc) is 2.87. The minimum atomic E-state index is -0.0968. The molecule has 1 saturated heterocycles. The van der Waals surface area contributed by atoms with E-state index in [0.717, 1.165) is 61.9 Å². The van der Waals surface area contributed by atoms with Gasteiger partial charge in [-0.1, -0.05) is 12.1 Å². The van der Waals surface area contributed by atoms with Crippen LogP contribution in [-0.2, 0) is 0 Å². The van der Waals surface area contributed by atoms with Crippen LogP contribution in [0.4, 0.5) is 16.2 Å². The fourth-order valence-electron chi connectivity index (χ4n) is 4.46. The SMILES string of the molecule is COc1ccccc1N1CCN(CCCCN2Sc3ccc4c(c3NC2=O)OCCO4)CC1. The molecule has 1 fully saturated rings. The molecule has 2 aromatic carbocycles. The molecule has 0 aromatic heterocycles. The molecular formula is C24H30N4O4S. The molecule has 3 aliphatic rings. The molecule has 0 radical (unpaired) electrons. The predicted octanol–water partition coefficient (Wildman–Crippen LogP) is 3.92. The number of nitrogens with one attached hydrogen (secondary N) is 1. The van der Waals surface area contributed by atoms with Crippen LogP contribution in [0.2, 0.25) is 0 Å². The van der Waals surface area contributed by atoms with E-state index in [4.69, 9.17) is 14.2 Å². The third kappa shape index (κ3) is 4.79. The number of carbonyl (C=O) groups excluding carboxylic acids is 1. The number of amides is 2. The van der Waals surface area contributed by atoms with Crippen LogP contribution < -0.4 is 24.4 Å². The van der Waals surface area contributed by atoms with Crippen molar-refractivity contribution in [3.8, 4) is 17.2 Å². The molecule has 2 aromatic rings. The molecular weight excluding hydrogens is 440 g/mol. The van der Waals surface area contributed by atoms with Crippen LogP contribution in [0.1, 0.15) is 12.8 Å². The Bertz CT molecular complexity index is 996. The van der Waals surface area contributed by atoms with E-state index in [-0.39, 0.29) is 6.03 Å². The van der Waals surface area contributed by atoms with Gasteiger partial charge >= 0.3 is 6.03 Å². The number of unbranched alkanes of at least 4 members (excludes halogenated alkanes) is 1. The third-order valence-electron chi connectivity index (χ3n) is 6.22. The third-order valence-corrected chi connectivity index (χ3v) is 7.33. The number of nitrogens with zero attached hydrogens (tertiary/aromatic N) is 3. The first-order valence-corrected chi connectivity index (χ1v) is 12.3. The van der Waals surface area contributed by atoms with Gasteiger partial charge in [-0.2, -0.15) is 0 Å². The maximum Gasteiger partial charge on any atom is 0.332 e. The topological polar surface area (TPSA) is 66.5 Å². The minimum Gasteiger partial charge on any atom is -0.495 e. The Hall–Kier alpha value is -2.78. The lowest BCUT2D eigenvalue weighted by atomic mass is 10.2. The summed E-state index contributed by atoms with van der Waals surface area (Å²) in [6.45, 7) is 6.88. The van der Waals surface area contributed by atoms with Crippen molar-refractivity contribution in [1.29, 1.82) is 0 Å². The lowest BCUT2D eigenvalue weighted by Crippen LogP contribution is -2.46. The van der Waals surface area contributed by atoms with Crippen LogP contribution in [0.25, 0.3) is 0 Å². The Morgan fingerprint density at radius 3 is 2.64 bits per heavy atom. The molecule has 8 nitrogen and oxygen atoms in total. The molecule has 0 unspecified atom stereocenters. The number of piperazine rings is 1. The van der Waals surface area contributed by atoms with Crippen molar-refractivity contribution >= 4 is 29.4 Å². The van der Waals surface area contributed by atoms with Gasteiger partial charge in [0.15, 0.2) is 11.5 Å². The number of carbonyl (C=O) groups is 1. The normalized spacial score (nSPS) is 18.0. The standard InChI is InChI=1S/C24H30N4O4S/c1-30-19-7-3-2-6-18(19)27-14-12-26(13-15-27)10-4-5-11-28-24(29)25-22-21(33-28)9-8-20-23(22)32-17-16-31-20/h2-3,6-9H,4-5,10-17H2,1H3,(H,25,29). The number of para-hydroxylation sites is 2. The van der Waals surface area contributed by atoms with Gasteiger partial charge in [0.1, 0.15) is 24.7 Å². The molecule has 9 heteroatoms. The quantitative estimate of drug-likeness (QED) is 0.486. The first-order chi connectivity index (χ1) is 16.2. The number of ether oxygens (including phenoxy) is 3. The second kappa shape index (κ2) is 10.0. The van der Waals surface area contributed by atoms with Gasteiger partial charge in [-0.05, 0) is 55.6 Å². The Kier molecular flexibility index (Phi) is 6.68. The van der Waals surface area contributed by atoms with E-state index in [1.807, 2.05) is 24.3 Å². The van der Waals surface area contributed by atoms with Crippen LogP contribution in [0.15, 0.2) is 41.3 Å². The summed E-state index contributed by atoms with van der Waals surface area (Å²) in [5.41, 5.74) is 1.90. The number of urea groups is 1. The van der Waals surface area contributed by atoms with Crippen molar-refractivity contribution in [3.05, 3.63) is 36.4 Å². The molecule has 2 amide bonds. The number of anilines is 2. The van der Waals surface area contributed by atoms with Crippen molar-refractivity contribution in [1.82, 2.24) is 9.21 Å². The molecule has 0 bridgehead atoms. The number of methoxy groups -OCH3 is 1. The molecule has 3 aliphatic heterocycles. The van der Waals surface area contributed by atoms with E-state index in [9.17, 15) is 4.79 Å². The minimum absolute atomic E-state index is 0.0968. The first kappa shape index (κ1) is 22.0. The number of benzene rings is 2. The van der Waals surface area contributed by atoms with Gasteiger partial charge < -0.3 is 24.4 Å². The summed E-state index contributed by atoms with van der Waals surface area (Å²) < 4.78 is 18.7. The average molecular weight is 471 g/mol. The first-order valence-electron chi connectivity index (χ1n) is 11.5. The zero-order chi connectivity index (χ0) is 22.6. The summed E-state index contributed by atoms with van der Waals surface area (Å²) in [6, 6.07) is 12.0. The van der Waals surface area contributed by atoms with Crippen molar-refractivity contribution in [2.75, 3.05) is 69.8 Å². The second-order valence-electron chi connectivity index (χ2n) is 8.29. The van der Waals surface area contributed by atoms with Crippen molar-refractivity contribution in [3.63, 3.8) is 0 Å². The van der Waals surface area contributed by atoms with Crippen LogP contribution in [0.5, 0.6) is 17.2 Å². The summed E-state index contributed by atoms with van der Waals surface area (Å²) >= 11 is 1.48. The van der Waals surface area contributed by atoms with Crippen LogP contribution in [-0.4, -0.2) is 74.8 Å². The summed E-state index contributed by atoms with van der Waals surface area (Å²) in [4.78, 5) is 18.5. The Labute approximate surface area is 198 Å². The number of rotatable bonds is 7. The van der Waals surface area contributed by atoms with E-state index < -0.39 is 0 Å². The highest BCUT2D eigenvalue weighted by Crippen LogP contribution is 2.47. The van der Waals surface area contributed by atoms with Gasteiger partial charge in [0.2, 0.25) is 0 Å². The van der Waals surface area contributed by atoms with Crippen molar-refractivity contribution in [2.45, 2.75) is 17.7 Å². The van der Waals surface area contributed by atoms with Crippen LogP contribution in [0, 0.1) is 0 Å². The van der Waals surface area contributed by atoms with E-state index in [1.165, 1.54) is 17.6 Å². The maximum atomic E-state index is 12.6. The monoisotopic (exact) mass is 470 g/mol. The zero-order valence-corrected chi connectivity index (χ0v) is 19.7. The van der Waals surface area contributed by atoms with Gasteiger partial charge in [0, 0.05) is 32.7 Å². The fourth-order valence-corrected chi connectivity index (χ4v) is 5.41. The Balaban J connectivity index is 1.07. The van der Waals surface area contributed by atoms with Gasteiger partial charge in [-0.3, -0.25) is 9.21 Å². The van der Waals surface area contributed by atoms with Crippen LogP contribution >= 0.6 is 11.9 Å². The van der Waals surface area contributed by atoms with Gasteiger partial charge in [0.25, 0.3) is 0 Å². The smallest absolute Gasteiger partial charge is 0.332 e. The van der Waals surface area contributed by atoms with Gasteiger partial charge in [-0.25, -0.2) is 4.79 Å². The Morgan fingerprint density at radius 1 is 1.00 bits per heavy atom. The number of hydrogen-bond donors (Lipinski definition) is 1. The molecule has 176 valence electrons. The molecule has 33 heavy (non-hydrogen) atoms. The van der Waals surface area contributed by atoms with Crippen molar-refractivity contribution < 1.29 is 19.0 Å². The number of fused-ring (bicyclic) bond motifs is 3. The Morgan fingerprint density at radius 2 is 1.79 bits per heavy atom. The summed E-state index contributed by atoms with van der Waals surface area (Å²) in [7, 11) is 1.73. The highest BCUT2D eigenvalue weighted by Gasteiger charge is 2.29. The largest absolute Gasteiger partial charge is 0.495 e. The summed E-state index contributed by atoms with van der Waals surface area (Å²) in [6.07, 6.45) is 2.03. The highest BCUT2D eigenvalue weighted by atomic mass is 32.2. The lowest BCUT2D eigenvalue weighted by molar-refractivity contribution is 0.172. The molecule has 1 N–H and O–H groups in total. The van der Waals surface area contributed by atoms with Gasteiger partial charge in [0.05, 0.1) is 17.7 Å². The van der Waals surface area contributed by atoms with Gasteiger partial charge in [-0.15, -0.1) is 0 Å². The van der Waals surface area contributed by atoms with E-state index >= 15 is 0 Å².